The lowest BCUT2D eigenvalue weighted by Crippen LogP contribution is -2.14. The summed E-state index contributed by atoms with van der Waals surface area (Å²) in [5.74, 6) is 0.0707. The van der Waals surface area contributed by atoms with Gasteiger partial charge in [0, 0.05) is 27.7 Å². The molecule has 0 radical (unpaired) electrons. The first-order chi connectivity index (χ1) is 15.5. The summed E-state index contributed by atoms with van der Waals surface area (Å²) in [7, 11) is 1.55. The average Bonchev–Trinajstić information content (AvgIpc) is 2.80. The summed E-state index contributed by atoms with van der Waals surface area (Å²) >= 11 is 12.8. The quantitative estimate of drug-likeness (QED) is 0.312. The van der Waals surface area contributed by atoms with E-state index >= 15 is 0 Å². The van der Waals surface area contributed by atoms with E-state index in [-0.39, 0.29) is 5.57 Å². The Morgan fingerprint density at radius 3 is 2.41 bits per heavy atom. The van der Waals surface area contributed by atoms with Crippen LogP contribution in [-0.4, -0.2) is 13.0 Å². The monoisotopic (exact) mass is 464 g/mol. The molecule has 0 aliphatic heterocycles. The molecule has 0 atom stereocenters. The molecule has 0 saturated heterocycles. The van der Waals surface area contributed by atoms with E-state index in [1.54, 1.807) is 19.2 Å². The van der Waals surface area contributed by atoms with Gasteiger partial charge in [-0.3, -0.25) is 4.79 Å². The number of ether oxygens (including phenoxy) is 1. The smallest absolute Gasteiger partial charge is 0.266 e. The zero-order valence-electron chi connectivity index (χ0n) is 17.8. The lowest BCUT2D eigenvalue weighted by atomic mass is 10.0. The largest absolute Gasteiger partial charge is 0.496 e. The fraction of sp³-hybridized carbons (Fsp3) is 0.154. The number of benzene rings is 3. The van der Waals surface area contributed by atoms with Crippen LogP contribution in [0.2, 0.25) is 10.0 Å². The summed E-state index contributed by atoms with van der Waals surface area (Å²) in [6.45, 7) is 2.00. The number of halogens is 2. The van der Waals surface area contributed by atoms with Crippen molar-refractivity contribution in [3.8, 4) is 11.8 Å². The van der Waals surface area contributed by atoms with Gasteiger partial charge >= 0.3 is 0 Å². The van der Waals surface area contributed by atoms with Crippen LogP contribution in [0.4, 0.5) is 5.69 Å². The lowest BCUT2D eigenvalue weighted by molar-refractivity contribution is -0.112. The van der Waals surface area contributed by atoms with E-state index in [1.165, 1.54) is 6.08 Å². The number of methoxy groups -OCH3 is 1. The highest BCUT2D eigenvalue weighted by atomic mass is 35.5. The third kappa shape index (κ3) is 5.50. The van der Waals surface area contributed by atoms with Crippen molar-refractivity contribution in [2.75, 3.05) is 12.4 Å². The summed E-state index contributed by atoms with van der Waals surface area (Å²) in [4.78, 5) is 12.7. The zero-order chi connectivity index (χ0) is 23.1. The Balaban J connectivity index is 1.91. The Morgan fingerprint density at radius 1 is 1.06 bits per heavy atom. The number of rotatable bonds is 7. The number of nitrogens with one attached hydrogen (secondary N) is 1. The molecule has 0 aromatic heterocycles. The normalized spacial score (nSPS) is 11.0. The highest BCUT2D eigenvalue weighted by Crippen LogP contribution is 2.33. The van der Waals surface area contributed by atoms with Crippen LogP contribution < -0.4 is 10.1 Å². The number of carbonyl (C=O) groups excluding carboxylic acids is 1. The number of nitriles is 1. The van der Waals surface area contributed by atoms with E-state index in [0.717, 1.165) is 23.1 Å². The molecule has 0 bridgehead atoms. The second-order valence-electron chi connectivity index (χ2n) is 7.09. The molecule has 3 aromatic carbocycles. The maximum atomic E-state index is 12.7. The van der Waals surface area contributed by atoms with Crippen LogP contribution in [0.1, 0.15) is 29.2 Å². The molecular formula is C26H22Cl2N2O2. The minimum atomic E-state index is -0.483. The molecule has 162 valence electrons. The summed E-state index contributed by atoms with van der Waals surface area (Å²) in [6.07, 6.45) is 2.75. The Bertz CT molecular complexity index is 1210. The minimum Gasteiger partial charge on any atom is -0.496 e. The molecule has 3 rings (SSSR count). The summed E-state index contributed by atoms with van der Waals surface area (Å²) < 4.78 is 5.54. The molecule has 0 spiro atoms. The molecule has 1 N–H and O–H groups in total. The standard InChI is InChI=1S/C26H22Cl2N2O2/c1-3-18-8-5-7-11-24(18)30-26(31)20(16-29)12-17-13-23(28)21(25(14-17)32-2)15-19-9-4-6-10-22(19)27/h4-14H,3,15H2,1-2H3,(H,30,31)/b20-12+. The number of aryl methyl sites for hydroxylation is 1. The first-order valence-corrected chi connectivity index (χ1v) is 10.8. The molecule has 32 heavy (non-hydrogen) atoms. The van der Waals surface area contributed by atoms with Crippen molar-refractivity contribution < 1.29 is 9.53 Å². The highest BCUT2D eigenvalue weighted by molar-refractivity contribution is 6.32. The van der Waals surface area contributed by atoms with Gasteiger partial charge in [0.15, 0.2) is 0 Å². The molecule has 0 fully saturated rings. The van der Waals surface area contributed by atoms with E-state index in [4.69, 9.17) is 27.9 Å². The molecule has 4 nitrogen and oxygen atoms in total. The van der Waals surface area contributed by atoms with Gasteiger partial charge in [-0.2, -0.15) is 5.26 Å². The van der Waals surface area contributed by atoms with E-state index in [2.05, 4.69) is 5.32 Å². The van der Waals surface area contributed by atoms with Crippen LogP contribution in [-0.2, 0) is 17.6 Å². The summed E-state index contributed by atoms with van der Waals surface area (Å²) in [5.41, 5.74) is 3.93. The number of amides is 1. The maximum absolute atomic E-state index is 12.7. The highest BCUT2D eigenvalue weighted by Gasteiger charge is 2.15. The van der Waals surface area contributed by atoms with Gasteiger partial charge in [-0.25, -0.2) is 0 Å². The van der Waals surface area contributed by atoms with Gasteiger partial charge in [0.1, 0.15) is 17.4 Å². The van der Waals surface area contributed by atoms with E-state index in [9.17, 15) is 10.1 Å². The molecular weight excluding hydrogens is 443 g/mol. The second kappa shape index (κ2) is 10.9. The van der Waals surface area contributed by atoms with Gasteiger partial charge in [-0.15, -0.1) is 0 Å². The van der Waals surface area contributed by atoms with Gasteiger partial charge in [0.2, 0.25) is 0 Å². The Morgan fingerprint density at radius 2 is 1.75 bits per heavy atom. The van der Waals surface area contributed by atoms with Crippen LogP contribution in [0.15, 0.2) is 66.2 Å². The maximum Gasteiger partial charge on any atom is 0.266 e. The molecule has 0 saturated carbocycles. The van der Waals surface area contributed by atoms with Gasteiger partial charge in [0.25, 0.3) is 5.91 Å². The van der Waals surface area contributed by atoms with E-state index in [1.807, 2.05) is 61.5 Å². The van der Waals surface area contributed by atoms with Crippen molar-refractivity contribution in [3.05, 3.63) is 98.5 Å². The predicted octanol–water partition coefficient (Wildman–Crippen LogP) is 6.70. The molecule has 0 aliphatic carbocycles. The second-order valence-corrected chi connectivity index (χ2v) is 7.90. The molecule has 1 amide bonds. The van der Waals surface area contributed by atoms with Crippen LogP contribution in [0, 0.1) is 11.3 Å². The fourth-order valence-electron chi connectivity index (χ4n) is 3.36. The Labute approximate surface area is 198 Å². The number of anilines is 1. The fourth-order valence-corrected chi connectivity index (χ4v) is 3.84. The third-order valence-electron chi connectivity index (χ3n) is 5.04. The topological polar surface area (TPSA) is 62.1 Å². The van der Waals surface area contributed by atoms with Crippen molar-refractivity contribution in [2.24, 2.45) is 0 Å². The van der Waals surface area contributed by atoms with Crippen molar-refractivity contribution in [1.82, 2.24) is 0 Å². The van der Waals surface area contributed by atoms with Gasteiger partial charge in [0.05, 0.1) is 7.11 Å². The molecule has 6 heteroatoms. The molecule has 0 unspecified atom stereocenters. The molecule has 0 heterocycles. The SMILES string of the molecule is CCc1ccccc1NC(=O)/C(C#N)=C/c1cc(Cl)c(Cc2ccccc2Cl)c(OC)c1. The van der Waals surface area contributed by atoms with Crippen LogP contribution in [0.3, 0.4) is 0 Å². The molecule has 3 aromatic rings. The van der Waals surface area contributed by atoms with Gasteiger partial charge in [-0.1, -0.05) is 66.5 Å². The zero-order valence-corrected chi connectivity index (χ0v) is 19.3. The van der Waals surface area contributed by atoms with Crippen molar-refractivity contribution in [1.29, 1.82) is 5.26 Å². The van der Waals surface area contributed by atoms with Crippen molar-refractivity contribution >= 4 is 40.9 Å². The third-order valence-corrected chi connectivity index (χ3v) is 5.75. The van der Waals surface area contributed by atoms with Crippen molar-refractivity contribution in [2.45, 2.75) is 19.8 Å². The van der Waals surface area contributed by atoms with Gasteiger partial charge < -0.3 is 10.1 Å². The number of carbonyl (C=O) groups is 1. The number of hydrogen-bond acceptors (Lipinski definition) is 3. The lowest BCUT2D eigenvalue weighted by Gasteiger charge is -2.13. The summed E-state index contributed by atoms with van der Waals surface area (Å²) in [6, 6.07) is 20.5. The number of para-hydroxylation sites is 1. The number of hydrogen-bond donors (Lipinski definition) is 1. The van der Waals surface area contributed by atoms with Crippen LogP contribution in [0.5, 0.6) is 5.75 Å². The molecule has 0 aliphatic rings. The first-order valence-electron chi connectivity index (χ1n) is 10.1. The minimum absolute atomic E-state index is 0.0344. The summed E-state index contributed by atoms with van der Waals surface area (Å²) in [5, 5.41) is 13.5. The first kappa shape index (κ1) is 23.4. The Kier molecular flexibility index (Phi) is 7.94. The van der Waals surface area contributed by atoms with E-state index in [0.29, 0.717) is 33.5 Å². The predicted molar refractivity (Wildman–Crippen MR) is 130 cm³/mol. The Hall–Kier alpha value is -3.26. The average molecular weight is 465 g/mol. The van der Waals surface area contributed by atoms with Crippen LogP contribution >= 0.6 is 23.2 Å². The van der Waals surface area contributed by atoms with Crippen molar-refractivity contribution in [3.63, 3.8) is 0 Å². The van der Waals surface area contributed by atoms with E-state index < -0.39 is 5.91 Å². The van der Waals surface area contributed by atoms with Gasteiger partial charge in [-0.05, 0) is 53.5 Å². The van der Waals surface area contributed by atoms with Crippen LogP contribution in [0.25, 0.3) is 6.08 Å². The number of nitrogens with zero attached hydrogens (tertiary/aromatic N) is 1.